The Morgan fingerprint density at radius 3 is 2.74 bits per heavy atom. The fourth-order valence-corrected chi connectivity index (χ4v) is 1.95. The zero-order chi connectivity index (χ0) is 13.2. The number of benzene rings is 1. The lowest BCUT2D eigenvalue weighted by Gasteiger charge is -2.01. The van der Waals surface area contributed by atoms with Crippen LogP contribution in [0.25, 0.3) is 23.0 Å². The fraction of sp³-hybridized carbons (Fsp3) is 0. The average Bonchev–Trinajstić information content (AvgIpc) is 2.89. The van der Waals surface area contributed by atoms with Crippen LogP contribution in [0.15, 0.2) is 47.1 Å². The summed E-state index contributed by atoms with van der Waals surface area (Å²) in [6, 6.07) is 10.7. The molecule has 0 aliphatic carbocycles. The Labute approximate surface area is 114 Å². The molecule has 0 fully saturated rings. The molecule has 0 saturated heterocycles. The van der Waals surface area contributed by atoms with Gasteiger partial charge in [0.1, 0.15) is 5.69 Å². The van der Waals surface area contributed by atoms with Crippen molar-refractivity contribution in [3.8, 4) is 23.0 Å². The van der Waals surface area contributed by atoms with Crippen molar-refractivity contribution in [1.82, 2.24) is 15.1 Å². The Morgan fingerprint density at radius 1 is 1.11 bits per heavy atom. The van der Waals surface area contributed by atoms with E-state index in [9.17, 15) is 0 Å². The Kier molecular flexibility index (Phi) is 2.89. The van der Waals surface area contributed by atoms with Gasteiger partial charge in [0.15, 0.2) is 0 Å². The summed E-state index contributed by atoms with van der Waals surface area (Å²) < 4.78 is 5.20. The molecule has 2 heterocycles. The number of anilines is 1. The lowest BCUT2D eigenvalue weighted by molar-refractivity contribution is 0.432. The van der Waals surface area contributed by atoms with Crippen LogP contribution in [0.1, 0.15) is 0 Å². The molecule has 0 bridgehead atoms. The number of pyridine rings is 1. The van der Waals surface area contributed by atoms with E-state index in [-0.39, 0.29) is 5.89 Å². The van der Waals surface area contributed by atoms with E-state index in [4.69, 9.17) is 21.9 Å². The van der Waals surface area contributed by atoms with Gasteiger partial charge in [-0.2, -0.15) is 4.98 Å². The summed E-state index contributed by atoms with van der Waals surface area (Å²) in [5, 5.41) is 4.35. The minimum absolute atomic E-state index is 0.281. The molecule has 0 aliphatic heterocycles. The van der Waals surface area contributed by atoms with Crippen LogP contribution in [0.4, 0.5) is 5.69 Å². The number of halogens is 1. The van der Waals surface area contributed by atoms with Crippen LogP contribution in [0.3, 0.4) is 0 Å². The van der Waals surface area contributed by atoms with Gasteiger partial charge < -0.3 is 10.3 Å². The van der Waals surface area contributed by atoms with E-state index in [1.54, 1.807) is 30.5 Å². The van der Waals surface area contributed by atoms with Gasteiger partial charge in [0.25, 0.3) is 5.89 Å². The molecular weight excluding hydrogens is 264 g/mol. The summed E-state index contributed by atoms with van der Waals surface area (Å²) in [4.78, 5) is 8.42. The second kappa shape index (κ2) is 4.70. The summed E-state index contributed by atoms with van der Waals surface area (Å²) in [5.41, 5.74) is 7.53. The normalized spacial score (nSPS) is 10.6. The van der Waals surface area contributed by atoms with Crippen molar-refractivity contribution in [1.29, 1.82) is 0 Å². The fourth-order valence-electron chi connectivity index (χ4n) is 1.69. The Balaban J connectivity index is 2.07. The van der Waals surface area contributed by atoms with Gasteiger partial charge in [-0.3, -0.25) is 4.98 Å². The summed E-state index contributed by atoms with van der Waals surface area (Å²) in [6.07, 6.45) is 1.66. The van der Waals surface area contributed by atoms with Crippen molar-refractivity contribution in [2.24, 2.45) is 0 Å². The molecule has 0 spiro atoms. The monoisotopic (exact) mass is 272 g/mol. The molecule has 0 radical (unpaired) electrons. The second-order valence-corrected chi connectivity index (χ2v) is 4.25. The zero-order valence-corrected chi connectivity index (χ0v) is 10.5. The topological polar surface area (TPSA) is 77.8 Å². The summed E-state index contributed by atoms with van der Waals surface area (Å²) in [6.45, 7) is 0. The van der Waals surface area contributed by atoms with Crippen LogP contribution in [-0.4, -0.2) is 15.1 Å². The maximum atomic E-state index is 6.10. The van der Waals surface area contributed by atoms with Crippen LogP contribution in [0.2, 0.25) is 5.02 Å². The number of nitrogen functional groups attached to an aromatic ring is 1. The van der Waals surface area contributed by atoms with Gasteiger partial charge in [-0.15, -0.1) is 0 Å². The first-order valence-corrected chi connectivity index (χ1v) is 5.93. The van der Waals surface area contributed by atoms with E-state index >= 15 is 0 Å². The summed E-state index contributed by atoms with van der Waals surface area (Å²) >= 11 is 6.10. The maximum Gasteiger partial charge on any atom is 0.261 e. The maximum absolute atomic E-state index is 6.10. The SMILES string of the molecule is Nc1cccc(Cl)c1-c1nc(-c2ccccn2)no1. The van der Waals surface area contributed by atoms with E-state index in [1.807, 2.05) is 12.1 Å². The highest BCUT2D eigenvalue weighted by atomic mass is 35.5. The van der Waals surface area contributed by atoms with Crippen molar-refractivity contribution in [3.05, 3.63) is 47.6 Å². The largest absolute Gasteiger partial charge is 0.398 e. The minimum atomic E-state index is 0.281. The summed E-state index contributed by atoms with van der Waals surface area (Å²) in [5.74, 6) is 0.679. The van der Waals surface area contributed by atoms with Crippen LogP contribution in [0.5, 0.6) is 0 Å². The Morgan fingerprint density at radius 2 is 2.00 bits per heavy atom. The highest BCUT2D eigenvalue weighted by Gasteiger charge is 2.16. The highest BCUT2D eigenvalue weighted by Crippen LogP contribution is 2.32. The lowest BCUT2D eigenvalue weighted by atomic mass is 10.2. The molecule has 3 aromatic rings. The number of aromatic nitrogens is 3. The predicted molar refractivity (Wildman–Crippen MR) is 72.4 cm³/mol. The molecule has 0 amide bonds. The Bertz CT molecular complexity index is 691. The van der Waals surface area contributed by atoms with Gasteiger partial charge in [0.05, 0.1) is 10.6 Å². The van der Waals surface area contributed by atoms with Gasteiger partial charge in [0.2, 0.25) is 5.82 Å². The molecule has 2 aromatic heterocycles. The molecule has 94 valence electrons. The van der Waals surface area contributed by atoms with E-state index in [1.165, 1.54) is 0 Å². The first kappa shape index (κ1) is 11.7. The van der Waals surface area contributed by atoms with Crippen molar-refractivity contribution < 1.29 is 4.52 Å². The molecule has 1 aromatic carbocycles. The van der Waals surface area contributed by atoms with Crippen LogP contribution in [-0.2, 0) is 0 Å². The number of nitrogens with zero attached hydrogens (tertiary/aromatic N) is 3. The number of hydrogen-bond donors (Lipinski definition) is 1. The van der Waals surface area contributed by atoms with Crippen molar-refractivity contribution in [2.45, 2.75) is 0 Å². The standard InChI is InChI=1S/C13H9ClN4O/c14-8-4-3-5-9(15)11(8)13-17-12(18-19-13)10-6-1-2-7-16-10/h1-7H,15H2. The molecule has 5 nitrogen and oxygen atoms in total. The summed E-state index contributed by atoms with van der Waals surface area (Å²) in [7, 11) is 0. The second-order valence-electron chi connectivity index (χ2n) is 3.84. The predicted octanol–water partition coefficient (Wildman–Crippen LogP) is 3.03. The first-order chi connectivity index (χ1) is 9.25. The van der Waals surface area contributed by atoms with E-state index in [0.717, 1.165) is 0 Å². The highest BCUT2D eigenvalue weighted by molar-refractivity contribution is 6.33. The number of hydrogen-bond acceptors (Lipinski definition) is 5. The zero-order valence-electron chi connectivity index (χ0n) is 9.75. The molecule has 0 unspecified atom stereocenters. The third kappa shape index (κ3) is 2.15. The molecule has 0 saturated carbocycles. The molecule has 6 heteroatoms. The van der Waals surface area contributed by atoms with E-state index in [2.05, 4.69) is 15.1 Å². The minimum Gasteiger partial charge on any atom is -0.398 e. The Hall–Kier alpha value is -2.40. The number of rotatable bonds is 2. The smallest absolute Gasteiger partial charge is 0.261 e. The number of nitrogens with two attached hydrogens (primary N) is 1. The van der Waals surface area contributed by atoms with Crippen LogP contribution >= 0.6 is 11.6 Å². The quantitative estimate of drug-likeness (QED) is 0.726. The molecule has 3 rings (SSSR count). The van der Waals surface area contributed by atoms with Gasteiger partial charge in [0, 0.05) is 11.9 Å². The van der Waals surface area contributed by atoms with Gasteiger partial charge in [-0.25, -0.2) is 0 Å². The van der Waals surface area contributed by atoms with Gasteiger partial charge in [-0.1, -0.05) is 28.9 Å². The van der Waals surface area contributed by atoms with Crippen LogP contribution < -0.4 is 5.73 Å². The lowest BCUT2D eigenvalue weighted by Crippen LogP contribution is -1.91. The first-order valence-electron chi connectivity index (χ1n) is 5.55. The molecule has 0 aliphatic rings. The van der Waals surface area contributed by atoms with Crippen molar-refractivity contribution >= 4 is 17.3 Å². The third-order valence-corrected chi connectivity index (χ3v) is 2.89. The molecule has 19 heavy (non-hydrogen) atoms. The van der Waals surface area contributed by atoms with Gasteiger partial charge in [-0.05, 0) is 24.3 Å². The van der Waals surface area contributed by atoms with Crippen molar-refractivity contribution in [2.75, 3.05) is 5.73 Å². The molecular formula is C13H9ClN4O. The van der Waals surface area contributed by atoms with Crippen molar-refractivity contribution in [3.63, 3.8) is 0 Å². The van der Waals surface area contributed by atoms with Gasteiger partial charge >= 0.3 is 0 Å². The average molecular weight is 273 g/mol. The molecule has 0 atom stereocenters. The van der Waals surface area contributed by atoms with E-state index in [0.29, 0.717) is 27.8 Å². The third-order valence-electron chi connectivity index (χ3n) is 2.58. The van der Waals surface area contributed by atoms with E-state index < -0.39 is 0 Å². The van der Waals surface area contributed by atoms with Crippen LogP contribution in [0, 0.1) is 0 Å². The molecule has 2 N–H and O–H groups in total.